The quantitative estimate of drug-likeness (QED) is 0.635. The summed E-state index contributed by atoms with van der Waals surface area (Å²) in [6.07, 6.45) is 3.44. The third-order valence-corrected chi connectivity index (χ3v) is 5.93. The van der Waals surface area contributed by atoms with Crippen LogP contribution in [0.2, 0.25) is 0 Å². The van der Waals surface area contributed by atoms with Crippen molar-refractivity contribution in [3.63, 3.8) is 0 Å². The monoisotopic (exact) mass is 432 g/mol. The number of esters is 1. The number of likely N-dealkylation sites (tertiary alicyclic amines) is 1. The number of methoxy groups -OCH3 is 2. The van der Waals surface area contributed by atoms with Crippen molar-refractivity contribution < 1.29 is 23.8 Å². The maximum absolute atomic E-state index is 12.7. The summed E-state index contributed by atoms with van der Waals surface area (Å²) in [6.45, 7) is 4.20. The van der Waals surface area contributed by atoms with Crippen LogP contribution < -0.4 is 14.8 Å². The number of carbonyl (C=O) groups excluding carboxylic acids is 2. The molecule has 1 saturated heterocycles. The average molecular weight is 433 g/mol. The zero-order chi connectivity index (χ0) is 21.5. The normalized spacial score (nSPS) is 14.2. The van der Waals surface area contributed by atoms with Crippen LogP contribution in [0.25, 0.3) is 11.1 Å². The number of piperidine rings is 1. The Morgan fingerprint density at radius 3 is 2.50 bits per heavy atom. The highest BCUT2D eigenvalue weighted by atomic mass is 32.1. The lowest BCUT2D eigenvalue weighted by Crippen LogP contribution is -2.36. The molecule has 0 spiro atoms. The van der Waals surface area contributed by atoms with Gasteiger partial charge in [-0.25, -0.2) is 4.79 Å². The summed E-state index contributed by atoms with van der Waals surface area (Å²) < 4.78 is 16.0. The van der Waals surface area contributed by atoms with Gasteiger partial charge in [0.2, 0.25) is 5.91 Å². The molecular formula is C22H28N2O5S. The van der Waals surface area contributed by atoms with Gasteiger partial charge >= 0.3 is 5.97 Å². The SMILES string of the molecule is CCOC(=O)c1c(-c2ccc(OC)c(OC)c2)csc1NC(=O)CN1CCCCC1. The fourth-order valence-electron chi connectivity index (χ4n) is 3.56. The predicted molar refractivity (Wildman–Crippen MR) is 118 cm³/mol. The summed E-state index contributed by atoms with van der Waals surface area (Å²) >= 11 is 1.32. The Kier molecular flexibility index (Phi) is 7.70. The zero-order valence-electron chi connectivity index (χ0n) is 17.7. The van der Waals surface area contributed by atoms with Crippen LogP contribution in [-0.4, -0.2) is 57.2 Å². The van der Waals surface area contributed by atoms with E-state index in [-0.39, 0.29) is 12.5 Å². The van der Waals surface area contributed by atoms with Gasteiger partial charge in [0.15, 0.2) is 11.5 Å². The number of hydrogen-bond acceptors (Lipinski definition) is 7. The maximum Gasteiger partial charge on any atom is 0.341 e. The van der Waals surface area contributed by atoms with Crippen molar-refractivity contribution in [2.45, 2.75) is 26.2 Å². The largest absolute Gasteiger partial charge is 0.493 e. The number of rotatable bonds is 8. The molecule has 8 heteroatoms. The molecule has 1 aliphatic rings. The van der Waals surface area contributed by atoms with Crippen molar-refractivity contribution in [1.82, 2.24) is 4.90 Å². The first-order chi connectivity index (χ1) is 14.6. The number of nitrogens with zero attached hydrogens (tertiary/aromatic N) is 1. The predicted octanol–water partition coefficient (Wildman–Crippen LogP) is 4.03. The molecule has 3 rings (SSSR count). The van der Waals surface area contributed by atoms with Gasteiger partial charge in [-0.05, 0) is 50.6 Å². The van der Waals surface area contributed by atoms with E-state index in [1.165, 1.54) is 17.8 Å². The van der Waals surface area contributed by atoms with E-state index in [0.717, 1.165) is 31.5 Å². The molecule has 1 aromatic carbocycles. The van der Waals surface area contributed by atoms with Crippen LogP contribution in [-0.2, 0) is 9.53 Å². The van der Waals surface area contributed by atoms with Crippen LogP contribution in [0.15, 0.2) is 23.6 Å². The molecule has 0 atom stereocenters. The molecule has 0 bridgehead atoms. The number of thiophene rings is 1. The average Bonchev–Trinajstić information content (AvgIpc) is 3.17. The highest BCUT2D eigenvalue weighted by Crippen LogP contribution is 2.39. The number of ether oxygens (including phenoxy) is 3. The van der Waals surface area contributed by atoms with Gasteiger partial charge < -0.3 is 19.5 Å². The van der Waals surface area contributed by atoms with Gasteiger partial charge in [-0.15, -0.1) is 11.3 Å². The van der Waals surface area contributed by atoms with Gasteiger partial charge in [0.1, 0.15) is 10.6 Å². The molecule has 1 aromatic heterocycles. The molecule has 1 N–H and O–H groups in total. The Morgan fingerprint density at radius 1 is 1.10 bits per heavy atom. The fourth-order valence-corrected chi connectivity index (χ4v) is 4.53. The van der Waals surface area contributed by atoms with Gasteiger partial charge in [-0.3, -0.25) is 9.69 Å². The smallest absolute Gasteiger partial charge is 0.341 e. The second kappa shape index (κ2) is 10.4. The van der Waals surface area contributed by atoms with Crippen molar-refractivity contribution in [3.05, 3.63) is 29.1 Å². The maximum atomic E-state index is 12.7. The molecule has 0 unspecified atom stereocenters. The highest BCUT2D eigenvalue weighted by Gasteiger charge is 2.24. The van der Waals surface area contributed by atoms with Gasteiger partial charge in [0.25, 0.3) is 0 Å². The summed E-state index contributed by atoms with van der Waals surface area (Å²) in [7, 11) is 3.13. The van der Waals surface area contributed by atoms with E-state index >= 15 is 0 Å². The van der Waals surface area contributed by atoms with Gasteiger partial charge in [0.05, 0.1) is 27.4 Å². The molecule has 2 heterocycles. The van der Waals surface area contributed by atoms with Crippen LogP contribution in [0.5, 0.6) is 11.5 Å². The number of amides is 1. The lowest BCUT2D eigenvalue weighted by molar-refractivity contribution is -0.117. The summed E-state index contributed by atoms with van der Waals surface area (Å²) in [6, 6.07) is 5.45. The Labute approximate surface area is 180 Å². The van der Waals surface area contributed by atoms with Gasteiger partial charge in [-0.1, -0.05) is 12.5 Å². The lowest BCUT2D eigenvalue weighted by atomic mass is 10.0. The second-order valence-corrected chi connectivity index (χ2v) is 7.91. The number of nitrogens with one attached hydrogen (secondary N) is 1. The van der Waals surface area contributed by atoms with Crippen molar-refractivity contribution in [2.24, 2.45) is 0 Å². The summed E-state index contributed by atoms with van der Waals surface area (Å²) in [4.78, 5) is 27.5. The van der Waals surface area contributed by atoms with Crippen molar-refractivity contribution in [1.29, 1.82) is 0 Å². The Morgan fingerprint density at radius 2 is 1.83 bits per heavy atom. The summed E-state index contributed by atoms with van der Waals surface area (Å²) in [5.41, 5.74) is 1.83. The van der Waals surface area contributed by atoms with Gasteiger partial charge in [0, 0.05) is 10.9 Å². The van der Waals surface area contributed by atoms with E-state index in [0.29, 0.717) is 34.2 Å². The Bertz CT molecular complexity index is 890. The van der Waals surface area contributed by atoms with E-state index in [4.69, 9.17) is 14.2 Å². The van der Waals surface area contributed by atoms with Crippen LogP contribution in [0.4, 0.5) is 5.00 Å². The first kappa shape index (κ1) is 22.1. The van der Waals surface area contributed by atoms with E-state index in [1.807, 2.05) is 17.5 Å². The van der Waals surface area contributed by atoms with E-state index in [1.54, 1.807) is 27.2 Å². The van der Waals surface area contributed by atoms with Gasteiger partial charge in [-0.2, -0.15) is 0 Å². The minimum atomic E-state index is -0.461. The van der Waals surface area contributed by atoms with Crippen LogP contribution in [0.1, 0.15) is 36.5 Å². The molecule has 162 valence electrons. The minimum absolute atomic E-state index is 0.122. The van der Waals surface area contributed by atoms with Crippen LogP contribution >= 0.6 is 11.3 Å². The first-order valence-electron chi connectivity index (χ1n) is 10.1. The number of carbonyl (C=O) groups is 2. The first-order valence-corrected chi connectivity index (χ1v) is 11.0. The van der Waals surface area contributed by atoms with E-state index in [2.05, 4.69) is 10.2 Å². The summed E-state index contributed by atoms with van der Waals surface area (Å²) in [5, 5.41) is 5.27. The highest BCUT2D eigenvalue weighted by molar-refractivity contribution is 7.15. The zero-order valence-corrected chi connectivity index (χ0v) is 18.5. The topological polar surface area (TPSA) is 77.1 Å². The molecule has 1 fully saturated rings. The molecule has 7 nitrogen and oxygen atoms in total. The Hall–Kier alpha value is -2.58. The standard InChI is InChI=1S/C22H28N2O5S/c1-4-29-22(26)20-16(15-8-9-17(27-2)18(12-15)28-3)14-30-21(20)23-19(25)13-24-10-6-5-7-11-24/h8-9,12,14H,4-7,10-11,13H2,1-3H3,(H,23,25). The van der Waals surface area contributed by atoms with Crippen LogP contribution in [0, 0.1) is 0 Å². The van der Waals surface area contributed by atoms with Crippen molar-refractivity contribution >= 4 is 28.2 Å². The second-order valence-electron chi connectivity index (χ2n) is 7.03. The summed E-state index contributed by atoms with van der Waals surface area (Å²) in [5.74, 6) is 0.580. The minimum Gasteiger partial charge on any atom is -0.493 e. The van der Waals surface area contributed by atoms with E-state index in [9.17, 15) is 9.59 Å². The Balaban J connectivity index is 1.88. The number of benzene rings is 1. The van der Waals surface area contributed by atoms with E-state index < -0.39 is 5.97 Å². The molecule has 1 amide bonds. The fraction of sp³-hybridized carbons (Fsp3) is 0.455. The molecule has 30 heavy (non-hydrogen) atoms. The van der Waals surface area contributed by atoms with Crippen molar-refractivity contribution in [3.8, 4) is 22.6 Å². The molecule has 0 saturated carbocycles. The van der Waals surface area contributed by atoms with Crippen molar-refractivity contribution in [2.75, 3.05) is 45.8 Å². The molecule has 1 aliphatic heterocycles. The third kappa shape index (κ3) is 5.12. The number of hydrogen-bond donors (Lipinski definition) is 1. The molecular weight excluding hydrogens is 404 g/mol. The molecule has 0 radical (unpaired) electrons. The molecule has 0 aliphatic carbocycles. The van der Waals surface area contributed by atoms with Crippen LogP contribution in [0.3, 0.4) is 0 Å². The third-order valence-electron chi connectivity index (χ3n) is 5.03. The number of anilines is 1. The molecule has 2 aromatic rings. The lowest BCUT2D eigenvalue weighted by Gasteiger charge is -2.25.